The number of unbranched alkanes of at least 4 members (excludes halogenated alkanes) is 2. The molecule has 0 aromatic rings. The van der Waals surface area contributed by atoms with Gasteiger partial charge >= 0.3 is 5.97 Å². The van der Waals surface area contributed by atoms with Crippen molar-refractivity contribution in [2.24, 2.45) is 5.41 Å². The van der Waals surface area contributed by atoms with Gasteiger partial charge in [-0.2, -0.15) is 4.72 Å². The molecule has 2 N–H and O–H groups in total. The van der Waals surface area contributed by atoms with E-state index in [0.29, 0.717) is 6.42 Å². The standard InChI is InChI=1S/C13H25NO5S/c1-13(2,3)7-5-4-6-8-20(17,18)14-11-10(15)9-19-12(11)16/h10-11,14-15H,4-9H2,1-3H3. The molecular formula is C13H25NO5S. The first-order chi connectivity index (χ1) is 9.11. The van der Waals surface area contributed by atoms with E-state index in [1.165, 1.54) is 0 Å². The van der Waals surface area contributed by atoms with Gasteiger partial charge in [0.15, 0.2) is 0 Å². The zero-order chi connectivity index (χ0) is 15.4. The largest absolute Gasteiger partial charge is 0.462 e. The zero-order valence-corrected chi connectivity index (χ0v) is 13.2. The number of hydrogen-bond donors (Lipinski definition) is 2. The molecule has 1 aliphatic heterocycles. The van der Waals surface area contributed by atoms with Crippen LogP contribution in [0, 0.1) is 5.41 Å². The molecule has 118 valence electrons. The minimum absolute atomic E-state index is 0.0341. The van der Waals surface area contributed by atoms with E-state index in [1.54, 1.807) is 0 Å². The molecule has 1 rings (SSSR count). The monoisotopic (exact) mass is 307 g/mol. The van der Waals surface area contributed by atoms with E-state index in [4.69, 9.17) is 0 Å². The summed E-state index contributed by atoms with van der Waals surface area (Å²) in [6, 6.07) is -1.16. The smallest absolute Gasteiger partial charge is 0.327 e. The molecule has 0 amide bonds. The second-order valence-corrected chi connectivity index (χ2v) is 8.36. The van der Waals surface area contributed by atoms with Crippen molar-refractivity contribution in [3.8, 4) is 0 Å². The van der Waals surface area contributed by atoms with Crippen LogP contribution in [0.25, 0.3) is 0 Å². The molecule has 1 saturated heterocycles. The third-order valence-corrected chi connectivity index (χ3v) is 4.62. The van der Waals surface area contributed by atoms with Crippen LogP contribution in [0.2, 0.25) is 0 Å². The van der Waals surface area contributed by atoms with E-state index in [0.717, 1.165) is 19.3 Å². The predicted molar refractivity (Wildman–Crippen MR) is 75.6 cm³/mol. The summed E-state index contributed by atoms with van der Waals surface area (Å²) in [5, 5.41) is 9.45. The fraction of sp³-hybridized carbons (Fsp3) is 0.923. The third-order valence-electron chi connectivity index (χ3n) is 3.18. The Morgan fingerprint density at radius 3 is 2.45 bits per heavy atom. The molecule has 0 bridgehead atoms. The van der Waals surface area contributed by atoms with Gasteiger partial charge in [0.2, 0.25) is 10.0 Å². The van der Waals surface area contributed by atoms with Crippen molar-refractivity contribution in [3.63, 3.8) is 0 Å². The first-order valence-electron chi connectivity index (χ1n) is 6.95. The Balaban J connectivity index is 2.30. The average Bonchev–Trinajstić information content (AvgIpc) is 2.58. The topological polar surface area (TPSA) is 92.7 Å². The van der Waals surface area contributed by atoms with Gasteiger partial charge in [0.1, 0.15) is 18.8 Å². The summed E-state index contributed by atoms with van der Waals surface area (Å²) in [5.41, 5.74) is 0.259. The van der Waals surface area contributed by atoms with Gasteiger partial charge in [-0.15, -0.1) is 0 Å². The second kappa shape index (κ2) is 6.87. The normalized spacial score (nSPS) is 23.9. The van der Waals surface area contributed by atoms with Crippen LogP contribution >= 0.6 is 0 Å². The number of rotatable bonds is 7. The number of carbonyl (C=O) groups is 1. The number of cyclic esters (lactones) is 1. The number of sulfonamides is 1. The van der Waals surface area contributed by atoms with Crippen molar-refractivity contribution < 1.29 is 23.1 Å². The molecule has 1 fully saturated rings. The Morgan fingerprint density at radius 2 is 1.95 bits per heavy atom. The quantitative estimate of drug-likeness (QED) is 0.536. The van der Waals surface area contributed by atoms with Crippen LogP contribution in [0.5, 0.6) is 0 Å². The minimum Gasteiger partial charge on any atom is -0.462 e. The van der Waals surface area contributed by atoms with Crippen LogP contribution in [0.4, 0.5) is 0 Å². The summed E-state index contributed by atoms with van der Waals surface area (Å²) >= 11 is 0. The fourth-order valence-corrected chi connectivity index (χ4v) is 3.36. The lowest BCUT2D eigenvalue weighted by Crippen LogP contribution is -2.45. The minimum atomic E-state index is -3.56. The molecule has 0 aliphatic carbocycles. The van der Waals surface area contributed by atoms with Crippen molar-refractivity contribution in [3.05, 3.63) is 0 Å². The van der Waals surface area contributed by atoms with Gasteiger partial charge in [-0.25, -0.2) is 8.42 Å². The lowest BCUT2D eigenvalue weighted by molar-refractivity contribution is -0.139. The molecular weight excluding hydrogens is 282 g/mol. The first-order valence-corrected chi connectivity index (χ1v) is 8.61. The van der Waals surface area contributed by atoms with Gasteiger partial charge in [0.05, 0.1) is 5.75 Å². The van der Waals surface area contributed by atoms with Gasteiger partial charge < -0.3 is 9.84 Å². The molecule has 0 saturated carbocycles. The average molecular weight is 307 g/mol. The summed E-state index contributed by atoms with van der Waals surface area (Å²) < 4.78 is 30.4. The Hall–Kier alpha value is -0.660. The summed E-state index contributed by atoms with van der Waals surface area (Å²) in [6.45, 7) is 6.30. The summed E-state index contributed by atoms with van der Waals surface area (Å²) in [7, 11) is -3.56. The van der Waals surface area contributed by atoms with E-state index < -0.39 is 28.1 Å². The van der Waals surface area contributed by atoms with Crippen molar-refractivity contribution in [1.82, 2.24) is 4.72 Å². The van der Waals surface area contributed by atoms with E-state index in [9.17, 15) is 18.3 Å². The van der Waals surface area contributed by atoms with E-state index in [2.05, 4.69) is 30.2 Å². The maximum absolute atomic E-state index is 11.8. The highest BCUT2D eigenvalue weighted by Crippen LogP contribution is 2.22. The maximum Gasteiger partial charge on any atom is 0.327 e. The predicted octanol–water partition coefficient (Wildman–Crippen LogP) is 0.799. The molecule has 0 aromatic heterocycles. The molecule has 2 unspecified atom stereocenters. The molecule has 1 heterocycles. The highest BCUT2D eigenvalue weighted by Gasteiger charge is 2.38. The maximum atomic E-state index is 11.8. The van der Waals surface area contributed by atoms with Crippen molar-refractivity contribution in [2.75, 3.05) is 12.4 Å². The summed E-state index contributed by atoms with van der Waals surface area (Å²) in [6.07, 6.45) is 2.30. The lowest BCUT2D eigenvalue weighted by atomic mass is 9.90. The number of aliphatic hydroxyl groups is 1. The van der Waals surface area contributed by atoms with Crippen LogP contribution in [0.15, 0.2) is 0 Å². The van der Waals surface area contributed by atoms with Crippen molar-refractivity contribution in [2.45, 2.75) is 58.6 Å². The number of carbonyl (C=O) groups excluding carboxylic acids is 1. The van der Waals surface area contributed by atoms with Crippen molar-refractivity contribution in [1.29, 1.82) is 0 Å². The molecule has 7 heteroatoms. The number of esters is 1. The van der Waals surface area contributed by atoms with Crippen LogP contribution < -0.4 is 4.72 Å². The van der Waals surface area contributed by atoms with Gasteiger partial charge in [-0.1, -0.05) is 33.6 Å². The number of nitrogens with one attached hydrogen (secondary N) is 1. The van der Waals surface area contributed by atoms with E-state index >= 15 is 0 Å². The zero-order valence-electron chi connectivity index (χ0n) is 12.4. The highest BCUT2D eigenvalue weighted by atomic mass is 32.2. The molecule has 20 heavy (non-hydrogen) atoms. The van der Waals surface area contributed by atoms with Crippen LogP contribution in [-0.4, -0.2) is 44.0 Å². The van der Waals surface area contributed by atoms with Crippen molar-refractivity contribution >= 4 is 16.0 Å². The van der Waals surface area contributed by atoms with Gasteiger partial charge in [-0.3, -0.25) is 4.79 Å². The Bertz CT molecular complexity index is 427. The Kier molecular flexibility index (Phi) is 5.97. The van der Waals surface area contributed by atoms with Gasteiger partial charge in [0, 0.05) is 0 Å². The molecule has 1 aliphatic rings. The van der Waals surface area contributed by atoms with E-state index in [1.807, 2.05) is 0 Å². The molecule has 6 nitrogen and oxygen atoms in total. The number of hydrogen-bond acceptors (Lipinski definition) is 5. The van der Waals surface area contributed by atoms with Crippen LogP contribution in [0.3, 0.4) is 0 Å². The highest BCUT2D eigenvalue weighted by molar-refractivity contribution is 7.89. The SMILES string of the molecule is CC(C)(C)CCCCCS(=O)(=O)NC1C(=O)OCC1O. The Labute approximate surface area is 120 Å². The number of ether oxygens (including phenoxy) is 1. The molecule has 0 radical (unpaired) electrons. The van der Waals surface area contributed by atoms with Crippen LogP contribution in [0.1, 0.15) is 46.5 Å². The first kappa shape index (κ1) is 17.4. The summed E-state index contributed by atoms with van der Waals surface area (Å²) in [5.74, 6) is -0.748. The van der Waals surface area contributed by atoms with Gasteiger partial charge in [-0.05, 0) is 18.3 Å². The second-order valence-electron chi connectivity index (χ2n) is 6.48. The molecule has 2 atom stereocenters. The lowest BCUT2D eigenvalue weighted by Gasteiger charge is -2.17. The third kappa shape index (κ3) is 6.19. The van der Waals surface area contributed by atoms with Gasteiger partial charge in [0.25, 0.3) is 0 Å². The number of aliphatic hydroxyl groups excluding tert-OH is 1. The molecule has 0 spiro atoms. The summed E-state index contributed by atoms with van der Waals surface area (Å²) in [4.78, 5) is 11.2. The van der Waals surface area contributed by atoms with E-state index in [-0.39, 0.29) is 17.8 Å². The Morgan fingerprint density at radius 1 is 1.30 bits per heavy atom. The molecule has 0 aromatic carbocycles. The fourth-order valence-electron chi connectivity index (χ4n) is 2.01. The van der Waals surface area contributed by atoms with Crippen LogP contribution in [-0.2, 0) is 19.6 Å².